The third-order valence-corrected chi connectivity index (χ3v) is 2.99. The van der Waals surface area contributed by atoms with E-state index in [2.05, 4.69) is 4.99 Å². The average Bonchev–Trinajstić information content (AvgIpc) is 2.44. The zero-order chi connectivity index (χ0) is 8.55. The van der Waals surface area contributed by atoms with Gasteiger partial charge in [-0.25, -0.2) is 0 Å². The molecular weight excluding hydrogens is 172 g/mol. The molecule has 0 bridgehead atoms. The van der Waals surface area contributed by atoms with Crippen molar-refractivity contribution in [2.24, 2.45) is 4.99 Å². The van der Waals surface area contributed by atoms with E-state index in [1.807, 2.05) is 13.0 Å². The Bertz CT molecular complexity index is 454. The van der Waals surface area contributed by atoms with Crippen molar-refractivity contribution in [3.8, 4) is 0 Å². The van der Waals surface area contributed by atoms with Gasteiger partial charge in [-0.05, 0) is 13.3 Å². The van der Waals surface area contributed by atoms with Crippen molar-refractivity contribution in [2.45, 2.75) is 19.9 Å². The van der Waals surface area contributed by atoms with Crippen LogP contribution >= 0.6 is 11.3 Å². The van der Waals surface area contributed by atoms with Gasteiger partial charge in [0.1, 0.15) is 5.49 Å². The summed E-state index contributed by atoms with van der Waals surface area (Å²) in [5, 5.41) is 0. The minimum absolute atomic E-state index is 0.126. The van der Waals surface area contributed by atoms with Crippen LogP contribution in [-0.4, -0.2) is 11.1 Å². The molecule has 2 rings (SSSR count). The van der Waals surface area contributed by atoms with E-state index in [4.69, 9.17) is 0 Å². The van der Waals surface area contributed by atoms with Crippen molar-refractivity contribution in [1.82, 2.24) is 4.57 Å². The summed E-state index contributed by atoms with van der Waals surface area (Å²) in [6.45, 7) is 3.63. The molecule has 1 aromatic heterocycles. The molecular formula is C8H10N2OS. The second-order valence-corrected chi connectivity index (χ2v) is 3.72. The van der Waals surface area contributed by atoms with Gasteiger partial charge in [0, 0.05) is 13.1 Å². The molecule has 0 saturated heterocycles. The summed E-state index contributed by atoms with van der Waals surface area (Å²) in [5.41, 5.74) is 0.888. The maximum Gasteiger partial charge on any atom is 0.309 e. The second kappa shape index (κ2) is 2.86. The van der Waals surface area contributed by atoms with Crippen molar-refractivity contribution in [2.75, 3.05) is 6.54 Å². The Morgan fingerprint density at radius 2 is 2.50 bits per heavy atom. The first-order valence-corrected chi connectivity index (χ1v) is 4.85. The number of rotatable bonds is 0. The smallest absolute Gasteiger partial charge is 0.283 e. The lowest BCUT2D eigenvalue weighted by molar-refractivity contribution is 0.567. The van der Waals surface area contributed by atoms with Crippen molar-refractivity contribution in [3.05, 3.63) is 19.7 Å². The molecule has 4 heteroatoms. The quantitative estimate of drug-likeness (QED) is 0.544. The fourth-order valence-electron chi connectivity index (χ4n) is 1.38. The Hall–Kier alpha value is -0.900. The first-order valence-electron chi connectivity index (χ1n) is 4.03. The Morgan fingerprint density at radius 3 is 3.25 bits per heavy atom. The van der Waals surface area contributed by atoms with E-state index in [1.165, 1.54) is 11.3 Å². The van der Waals surface area contributed by atoms with Gasteiger partial charge >= 0.3 is 4.87 Å². The van der Waals surface area contributed by atoms with Crippen LogP contribution in [0.5, 0.6) is 0 Å². The lowest BCUT2D eigenvalue weighted by atomic mass is 10.4. The Morgan fingerprint density at radius 1 is 1.67 bits per heavy atom. The summed E-state index contributed by atoms with van der Waals surface area (Å²) in [6.07, 6.45) is 2.94. The normalized spacial score (nSPS) is 17.2. The Balaban J connectivity index is 2.91. The molecule has 0 unspecified atom stereocenters. The van der Waals surface area contributed by atoms with Gasteiger partial charge in [0.15, 0.2) is 0 Å². The number of hydrogen-bond donors (Lipinski definition) is 0. The predicted molar refractivity (Wildman–Crippen MR) is 49.0 cm³/mol. The molecule has 3 nitrogen and oxygen atoms in total. The number of aromatic nitrogens is 1. The molecule has 2 heterocycles. The van der Waals surface area contributed by atoms with Gasteiger partial charge in [0.05, 0.1) is 4.53 Å². The van der Waals surface area contributed by atoms with Gasteiger partial charge in [-0.1, -0.05) is 17.4 Å². The maximum atomic E-state index is 11.3. The van der Waals surface area contributed by atoms with E-state index in [0.29, 0.717) is 0 Å². The highest BCUT2D eigenvalue weighted by atomic mass is 32.1. The molecule has 0 saturated carbocycles. The minimum Gasteiger partial charge on any atom is -0.283 e. The molecule has 64 valence electrons. The van der Waals surface area contributed by atoms with E-state index in [1.54, 1.807) is 4.57 Å². The van der Waals surface area contributed by atoms with Gasteiger partial charge < -0.3 is 0 Å². The zero-order valence-corrected chi connectivity index (χ0v) is 7.73. The van der Waals surface area contributed by atoms with Crippen LogP contribution in [0.4, 0.5) is 0 Å². The molecule has 0 radical (unpaired) electrons. The number of fused-ring (bicyclic) bond motifs is 1. The Kier molecular flexibility index (Phi) is 1.84. The number of hydrogen-bond acceptors (Lipinski definition) is 3. The van der Waals surface area contributed by atoms with Crippen LogP contribution in [0.2, 0.25) is 0 Å². The fraction of sp³-hybridized carbons (Fsp3) is 0.500. The molecule has 0 fully saturated rings. The fourth-order valence-corrected chi connectivity index (χ4v) is 2.24. The maximum absolute atomic E-state index is 11.3. The average molecular weight is 182 g/mol. The summed E-state index contributed by atoms with van der Waals surface area (Å²) in [4.78, 5) is 15.8. The first-order chi connectivity index (χ1) is 5.83. The number of nitrogens with zero attached hydrogens (tertiary/aromatic N) is 2. The largest absolute Gasteiger partial charge is 0.309 e. The standard InChI is InChI=1S/C8H10N2OS/c1-2-6-7-9-4-3-5-10(7)8(11)12-6/h2H,3-5H2,1H3/b6-2-. The molecule has 0 atom stereocenters. The topological polar surface area (TPSA) is 34.4 Å². The zero-order valence-electron chi connectivity index (χ0n) is 6.91. The van der Waals surface area contributed by atoms with Crippen molar-refractivity contribution >= 4 is 17.4 Å². The molecule has 0 aromatic carbocycles. The van der Waals surface area contributed by atoms with Gasteiger partial charge in [-0.3, -0.25) is 14.4 Å². The van der Waals surface area contributed by atoms with Crippen molar-refractivity contribution in [1.29, 1.82) is 0 Å². The van der Waals surface area contributed by atoms with E-state index < -0.39 is 0 Å². The molecule has 0 aliphatic carbocycles. The van der Waals surface area contributed by atoms with Gasteiger partial charge in [-0.15, -0.1) is 0 Å². The predicted octanol–water partition coefficient (Wildman–Crippen LogP) is -0.267. The van der Waals surface area contributed by atoms with Crippen LogP contribution in [0, 0.1) is 0 Å². The highest BCUT2D eigenvalue weighted by molar-refractivity contribution is 7.07. The second-order valence-electron chi connectivity index (χ2n) is 2.73. The molecule has 0 spiro atoms. The third-order valence-electron chi connectivity index (χ3n) is 1.96. The van der Waals surface area contributed by atoms with E-state index in [9.17, 15) is 4.79 Å². The highest BCUT2D eigenvalue weighted by Gasteiger charge is 2.07. The number of thiazole rings is 1. The Labute approximate surface area is 73.7 Å². The molecule has 0 N–H and O–H groups in total. The van der Waals surface area contributed by atoms with Crippen LogP contribution in [-0.2, 0) is 6.54 Å². The molecule has 1 aromatic rings. The van der Waals surface area contributed by atoms with E-state index >= 15 is 0 Å². The van der Waals surface area contributed by atoms with Crippen molar-refractivity contribution in [3.63, 3.8) is 0 Å². The lowest BCUT2D eigenvalue weighted by Crippen LogP contribution is -2.35. The SMILES string of the molecule is C/C=c1\sc(=O)n2c1=NCCC2. The monoisotopic (exact) mass is 182 g/mol. The molecule has 1 aliphatic rings. The molecule has 12 heavy (non-hydrogen) atoms. The summed E-state index contributed by atoms with van der Waals surface area (Å²) in [6, 6.07) is 0. The van der Waals surface area contributed by atoms with Crippen molar-refractivity contribution < 1.29 is 0 Å². The highest BCUT2D eigenvalue weighted by Crippen LogP contribution is 1.89. The summed E-state index contributed by atoms with van der Waals surface area (Å²) >= 11 is 1.29. The van der Waals surface area contributed by atoms with E-state index in [-0.39, 0.29) is 4.87 Å². The van der Waals surface area contributed by atoms with Crippen LogP contribution in [0.1, 0.15) is 13.3 Å². The minimum atomic E-state index is 0.126. The third kappa shape index (κ3) is 1.03. The molecule has 1 aliphatic heterocycles. The summed E-state index contributed by atoms with van der Waals surface area (Å²) in [7, 11) is 0. The van der Waals surface area contributed by atoms with Crippen LogP contribution < -0.4 is 14.9 Å². The van der Waals surface area contributed by atoms with Gasteiger partial charge in [0.2, 0.25) is 0 Å². The lowest BCUT2D eigenvalue weighted by Gasteiger charge is -2.04. The van der Waals surface area contributed by atoms with Crippen LogP contribution in [0.15, 0.2) is 9.79 Å². The van der Waals surface area contributed by atoms with Crippen LogP contribution in [0.3, 0.4) is 0 Å². The first kappa shape index (κ1) is 7.73. The van der Waals surface area contributed by atoms with Gasteiger partial charge in [-0.2, -0.15) is 0 Å². The van der Waals surface area contributed by atoms with Gasteiger partial charge in [0.25, 0.3) is 0 Å². The van der Waals surface area contributed by atoms with E-state index in [0.717, 1.165) is 29.5 Å². The molecule has 0 amide bonds. The summed E-state index contributed by atoms with van der Waals surface area (Å²) < 4.78 is 2.78. The summed E-state index contributed by atoms with van der Waals surface area (Å²) in [5.74, 6) is 0. The van der Waals surface area contributed by atoms with Crippen LogP contribution in [0.25, 0.3) is 6.08 Å².